The summed E-state index contributed by atoms with van der Waals surface area (Å²) in [6, 6.07) is 3.27. The summed E-state index contributed by atoms with van der Waals surface area (Å²) in [6.07, 6.45) is 3.69. The molecular formula is C18H21N3O4. The predicted octanol–water partition coefficient (Wildman–Crippen LogP) is 3.22. The number of anilines is 1. The van der Waals surface area contributed by atoms with Gasteiger partial charge in [0, 0.05) is 24.4 Å². The normalized spacial score (nSPS) is 13.7. The molecule has 1 aromatic carbocycles. The first-order chi connectivity index (χ1) is 11.9. The van der Waals surface area contributed by atoms with Crippen LogP contribution in [0, 0.1) is 13.8 Å². The molecule has 0 unspecified atom stereocenters. The van der Waals surface area contributed by atoms with E-state index in [1.165, 1.54) is 6.07 Å². The standard InChI is InChI=1S/C18H21N3O4/c1-10-8-11(2)14(9-13(10)18(23)24)19-15(22)4-3-5-16-20-17(21-25-16)12-6-7-12/h8-9,12H,3-7H2,1-2H3,(H,19,22)(H,23,24). The van der Waals surface area contributed by atoms with E-state index in [4.69, 9.17) is 4.52 Å². The van der Waals surface area contributed by atoms with Crippen LogP contribution in [0.2, 0.25) is 0 Å². The van der Waals surface area contributed by atoms with Gasteiger partial charge in [0.2, 0.25) is 11.8 Å². The van der Waals surface area contributed by atoms with E-state index >= 15 is 0 Å². The van der Waals surface area contributed by atoms with Crippen LogP contribution in [0.25, 0.3) is 0 Å². The number of aromatic carboxylic acids is 1. The summed E-state index contributed by atoms with van der Waals surface area (Å²) in [6.45, 7) is 3.58. The van der Waals surface area contributed by atoms with Crippen molar-refractivity contribution in [2.45, 2.75) is 51.9 Å². The SMILES string of the molecule is Cc1cc(C)c(C(=O)O)cc1NC(=O)CCCc1nc(C2CC2)no1. The number of rotatable bonds is 7. The molecule has 7 heteroatoms. The summed E-state index contributed by atoms with van der Waals surface area (Å²) in [5.41, 5.74) is 2.23. The Hall–Kier alpha value is -2.70. The van der Waals surface area contributed by atoms with Gasteiger partial charge >= 0.3 is 5.97 Å². The van der Waals surface area contributed by atoms with E-state index in [9.17, 15) is 14.7 Å². The van der Waals surface area contributed by atoms with Crippen LogP contribution in [0.3, 0.4) is 0 Å². The Kier molecular flexibility index (Phi) is 4.83. The van der Waals surface area contributed by atoms with E-state index in [-0.39, 0.29) is 11.5 Å². The number of carboxylic acids is 1. The highest BCUT2D eigenvalue weighted by Crippen LogP contribution is 2.38. The van der Waals surface area contributed by atoms with Crippen molar-refractivity contribution in [2.24, 2.45) is 0 Å². The van der Waals surface area contributed by atoms with Crippen LogP contribution in [-0.4, -0.2) is 27.1 Å². The zero-order valence-electron chi connectivity index (χ0n) is 14.3. The fourth-order valence-corrected chi connectivity index (χ4v) is 2.71. The maximum atomic E-state index is 12.1. The van der Waals surface area contributed by atoms with Gasteiger partial charge in [-0.05, 0) is 50.3 Å². The van der Waals surface area contributed by atoms with Crippen molar-refractivity contribution in [3.8, 4) is 0 Å². The lowest BCUT2D eigenvalue weighted by Crippen LogP contribution is -2.13. The summed E-state index contributed by atoms with van der Waals surface area (Å²) in [5, 5.41) is 15.9. The third kappa shape index (κ3) is 4.23. The molecule has 3 rings (SSSR count). The van der Waals surface area contributed by atoms with E-state index in [0.29, 0.717) is 42.3 Å². The van der Waals surface area contributed by atoms with Crippen LogP contribution >= 0.6 is 0 Å². The number of nitrogens with one attached hydrogen (secondary N) is 1. The van der Waals surface area contributed by atoms with Crippen LogP contribution < -0.4 is 5.32 Å². The lowest BCUT2D eigenvalue weighted by Gasteiger charge is -2.11. The van der Waals surface area contributed by atoms with Crippen molar-refractivity contribution in [3.05, 3.63) is 40.5 Å². The predicted molar refractivity (Wildman–Crippen MR) is 90.7 cm³/mol. The van der Waals surface area contributed by atoms with E-state index in [2.05, 4.69) is 15.5 Å². The van der Waals surface area contributed by atoms with Crippen molar-refractivity contribution in [1.82, 2.24) is 10.1 Å². The van der Waals surface area contributed by atoms with Crippen molar-refractivity contribution in [1.29, 1.82) is 0 Å². The number of nitrogens with zero attached hydrogens (tertiary/aromatic N) is 2. The van der Waals surface area contributed by atoms with Gasteiger partial charge in [-0.1, -0.05) is 11.2 Å². The summed E-state index contributed by atoms with van der Waals surface area (Å²) in [5.74, 6) is 0.625. The lowest BCUT2D eigenvalue weighted by molar-refractivity contribution is -0.116. The molecule has 25 heavy (non-hydrogen) atoms. The molecule has 7 nitrogen and oxygen atoms in total. The molecule has 0 bridgehead atoms. The van der Waals surface area contributed by atoms with E-state index < -0.39 is 5.97 Å². The average Bonchev–Trinajstić information content (AvgIpc) is 3.29. The molecule has 2 aromatic rings. The van der Waals surface area contributed by atoms with Gasteiger partial charge in [-0.3, -0.25) is 4.79 Å². The molecular weight excluding hydrogens is 322 g/mol. The van der Waals surface area contributed by atoms with Crippen molar-refractivity contribution in [2.75, 3.05) is 5.32 Å². The van der Waals surface area contributed by atoms with E-state index in [1.807, 2.05) is 6.92 Å². The number of aromatic nitrogens is 2. The minimum Gasteiger partial charge on any atom is -0.478 e. The van der Waals surface area contributed by atoms with Gasteiger partial charge in [0.05, 0.1) is 5.56 Å². The highest BCUT2D eigenvalue weighted by Gasteiger charge is 2.28. The fraction of sp³-hybridized carbons (Fsp3) is 0.444. The van der Waals surface area contributed by atoms with Crippen molar-refractivity contribution < 1.29 is 19.2 Å². The van der Waals surface area contributed by atoms with Gasteiger partial charge in [-0.25, -0.2) is 4.79 Å². The Morgan fingerprint density at radius 1 is 1.28 bits per heavy atom. The van der Waals surface area contributed by atoms with Crippen LogP contribution in [0.1, 0.15) is 64.8 Å². The Labute approximate surface area is 145 Å². The zero-order valence-corrected chi connectivity index (χ0v) is 14.3. The Balaban J connectivity index is 1.53. The first-order valence-electron chi connectivity index (χ1n) is 8.41. The molecule has 0 radical (unpaired) electrons. The smallest absolute Gasteiger partial charge is 0.336 e. The third-order valence-corrected chi connectivity index (χ3v) is 4.30. The second-order valence-electron chi connectivity index (χ2n) is 6.51. The van der Waals surface area contributed by atoms with Crippen molar-refractivity contribution >= 4 is 17.6 Å². The molecule has 1 aromatic heterocycles. The molecule has 1 heterocycles. The number of aryl methyl sites for hydroxylation is 3. The number of amides is 1. The summed E-state index contributed by atoms with van der Waals surface area (Å²) in [4.78, 5) is 27.7. The summed E-state index contributed by atoms with van der Waals surface area (Å²) >= 11 is 0. The lowest BCUT2D eigenvalue weighted by atomic mass is 10.0. The maximum Gasteiger partial charge on any atom is 0.336 e. The molecule has 132 valence electrons. The van der Waals surface area contributed by atoms with Crippen LogP contribution in [0.15, 0.2) is 16.7 Å². The van der Waals surface area contributed by atoms with Crippen LogP contribution in [0.5, 0.6) is 0 Å². The fourth-order valence-electron chi connectivity index (χ4n) is 2.71. The number of hydrogen-bond donors (Lipinski definition) is 2. The average molecular weight is 343 g/mol. The van der Waals surface area contributed by atoms with Gasteiger partial charge in [-0.2, -0.15) is 4.98 Å². The monoisotopic (exact) mass is 343 g/mol. The van der Waals surface area contributed by atoms with Crippen LogP contribution in [-0.2, 0) is 11.2 Å². The molecule has 1 aliphatic carbocycles. The molecule has 1 amide bonds. The van der Waals surface area contributed by atoms with Gasteiger partial charge in [-0.15, -0.1) is 0 Å². The number of carbonyl (C=O) groups excluding carboxylic acids is 1. The van der Waals surface area contributed by atoms with Gasteiger partial charge in [0.1, 0.15) is 0 Å². The first kappa shape index (κ1) is 17.1. The summed E-state index contributed by atoms with van der Waals surface area (Å²) in [7, 11) is 0. The Morgan fingerprint density at radius 3 is 2.72 bits per heavy atom. The number of hydrogen-bond acceptors (Lipinski definition) is 5. The minimum absolute atomic E-state index is 0.162. The quantitative estimate of drug-likeness (QED) is 0.799. The molecule has 1 saturated carbocycles. The summed E-state index contributed by atoms with van der Waals surface area (Å²) < 4.78 is 5.18. The number of carbonyl (C=O) groups is 2. The molecule has 1 aliphatic rings. The van der Waals surface area contributed by atoms with Gasteiger partial charge < -0.3 is 14.9 Å². The first-order valence-corrected chi connectivity index (χ1v) is 8.41. The second-order valence-corrected chi connectivity index (χ2v) is 6.51. The molecule has 0 saturated heterocycles. The maximum absolute atomic E-state index is 12.1. The van der Waals surface area contributed by atoms with Gasteiger partial charge in [0.15, 0.2) is 5.82 Å². The molecule has 0 aliphatic heterocycles. The topological polar surface area (TPSA) is 105 Å². The minimum atomic E-state index is -1.00. The third-order valence-electron chi connectivity index (χ3n) is 4.30. The molecule has 0 spiro atoms. The zero-order chi connectivity index (χ0) is 18.0. The highest BCUT2D eigenvalue weighted by molar-refractivity contribution is 5.95. The number of carboxylic acid groups (broad SMARTS) is 1. The van der Waals surface area contributed by atoms with Crippen LogP contribution in [0.4, 0.5) is 5.69 Å². The van der Waals surface area contributed by atoms with E-state index in [0.717, 1.165) is 24.2 Å². The molecule has 2 N–H and O–H groups in total. The number of benzene rings is 1. The van der Waals surface area contributed by atoms with Crippen molar-refractivity contribution in [3.63, 3.8) is 0 Å². The van der Waals surface area contributed by atoms with E-state index in [1.54, 1.807) is 13.0 Å². The van der Waals surface area contributed by atoms with Gasteiger partial charge in [0.25, 0.3) is 0 Å². The molecule has 0 atom stereocenters. The molecule has 1 fully saturated rings. The second kappa shape index (κ2) is 7.04. The Bertz CT molecular complexity index is 809. The Morgan fingerprint density at radius 2 is 2.04 bits per heavy atom. The highest BCUT2D eigenvalue weighted by atomic mass is 16.5. The largest absolute Gasteiger partial charge is 0.478 e.